The number of benzene rings is 4. The Kier molecular flexibility index (Phi) is 21.9. The maximum atomic E-state index is 13.2. The van der Waals surface area contributed by atoms with Crippen molar-refractivity contribution in [2.75, 3.05) is 14.2 Å². The Balaban J connectivity index is 0.000000329. The molecule has 0 saturated carbocycles. The SMILES string of the molecule is CCC[C@H](NC(=O)c1cnn(-c2ccc(Cl)cc2)c1CBr)c1cccc(C(F)(F)F)c1.CCCc1c(C(=O)N[C@@H](CCC)c2cccc(C(F)(F)F)c2)cnn1-c1ccc(Cl)cc1.CN.[2H]CF. The number of rotatable bonds is 15. The van der Waals surface area contributed by atoms with Gasteiger partial charge in [-0.2, -0.15) is 36.5 Å². The van der Waals surface area contributed by atoms with Crippen molar-refractivity contribution in [2.45, 2.75) is 89.1 Å². The van der Waals surface area contributed by atoms with E-state index in [9.17, 15) is 40.3 Å². The smallest absolute Gasteiger partial charge is 0.345 e. The highest BCUT2D eigenvalue weighted by atomic mass is 79.9. The molecule has 0 spiro atoms. The number of hydrogen-bond acceptors (Lipinski definition) is 5. The van der Waals surface area contributed by atoms with E-state index in [1.54, 1.807) is 57.9 Å². The van der Waals surface area contributed by atoms with Crippen LogP contribution in [0.4, 0.5) is 30.7 Å². The molecule has 2 atom stereocenters. The quantitative estimate of drug-likeness (QED) is 0.0699. The van der Waals surface area contributed by atoms with E-state index in [-0.39, 0.29) is 5.91 Å². The van der Waals surface area contributed by atoms with Crippen molar-refractivity contribution in [3.63, 3.8) is 0 Å². The standard InChI is InChI=1S/C24H25ClF3N3O.C22H20BrClF3N3O.CH3F.CH5N/c1-3-6-21(16-8-5-9-17(14-16)24(26,27)28)30-23(32)20-15-29-31(22(20)7-4-2)19-12-10-18(25)11-13-19;1-2-4-19(14-5-3-6-15(11-14)22(25,26)27)29-21(31)18-13-28-30(20(18)12-23)17-9-7-16(24)8-10-17;2*1-2/h5,8-15,21H,3-4,6-7H2,1-2H3,(H,30,32);3,5-11,13,19H,2,4,12H2,1H3,(H,29,31);1H3;2H2,1H3/t21-;19-;;/m00../s1/i;;1D;. The van der Waals surface area contributed by atoms with E-state index in [1.165, 1.54) is 31.6 Å². The molecule has 6 aromatic rings. The first-order valence-electron chi connectivity index (χ1n) is 21.7. The molecule has 0 aliphatic carbocycles. The van der Waals surface area contributed by atoms with Crippen molar-refractivity contribution >= 4 is 50.9 Å². The Labute approximate surface area is 405 Å². The zero-order valence-electron chi connectivity index (χ0n) is 38.2. The van der Waals surface area contributed by atoms with Crippen molar-refractivity contribution in [3.05, 3.63) is 164 Å². The predicted molar refractivity (Wildman–Crippen MR) is 254 cm³/mol. The first kappa shape index (κ1) is 54.4. The van der Waals surface area contributed by atoms with Crippen LogP contribution in [0, 0.1) is 0 Å². The molecule has 0 aliphatic rings. The molecule has 2 aromatic heterocycles. The number of hydrogen-bond donors (Lipinski definition) is 3. The zero-order chi connectivity index (χ0) is 50.6. The third kappa shape index (κ3) is 15.7. The fourth-order valence-electron chi connectivity index (χ4n) is 6.90. The molecular formula is C48H53BrCl2F7N7O2. The van der Waals surface area contributed by atoms with E-state index in [1.807, 2.05) is 32.9 Å². The summed E-state index contributed by atoms with van der Waals surface area (Å²) in [7, 11) is 0.500. The molecule has 2 amide bonds. The monoisotopic (exact) mass is 1040 g/mol. The third-order valence-corrected chi connectivity index (χ3v) is 11.0. The van der Waals surface area contributed by atoms with Gasteiger partial charge < -0.3 is 16.4 Å². The second-order valence-corrected chi connectivity index (χ2v) is 16.0. The summed E-state index contributed by atoms with van der Waals surface area (Å²) >= 11 is 15.3. The van der Waals surface area contributed by atoms with Crippen LogP contribution < -0.4 is 16.4 Å². The van der Waals surface area contributed by atoms with E-state index in [0.717, 1.165) is 47.8 Å². The average molecular weight is 1040 g/mol. The van der Waals surface area contributed by atoms with E-state index >= 15 is 0 Å². The van der Waals surface area contributed by atoms with Crippen LogP contribution in [0.15, 0.2) is 109 Å². The number of carbonyl (C=O) groups excluding carboxylic acids is 2. The minimum atomic E-state index is -4.44. The van der Waals surface area contributed by atoms with Crippen molar-refractivity contribution < 1.29 is 41.7 Å². The van der Waals surface area contributed by atoms with Gasteiger partial charge in [-0.1, -0.05) is 103 Å². The Hall–Kier alpha value is -5.23. The molecule has 0 saturated heterocycles. The molecule has 0 fully saturated rings. The number of aromatic nitrogens is 4. The lowest BCUT2D eigenvalue weighted by Gasteiger charge is -2.20. The molecule has 0 bridgehead atoms. The van der Waals surface area contributed by atoms with Gasteiger partial charge in [-0.3, -0.25) is 14.0 Å². The molecule has 0 aliphatic heterocycles. The van der Waals surface area contributed by atoms with Crippen LogP contribution in [0.3, 0.4) is 0 Å². The molecule has 9 nitrogen and oxygen atoms in total. The molecular weight excluding hydrogens is 990 g/mol. The Morgan fingerprint density at radius 1 is 0.672 bits per heavy atom. The zero-order valence-corrected chi connectivity index (χ0v) is 40.3. The van der Waals surface area contributed by atoms with Crippen LogP contribution in [0.2, 0.25) is 10.0 Å². The second-order valence-electron chi connectivity index (χ2n) is 14.5. The van der Waals surface area contributed by atoms with Gasteiger partial charge in [-0.05, 0) is 110 Å². The minimum Gasteiger partial charge on any atom is -0.345 e. The summed E-state index contributed by atoms with van der Waals surface area (Å²) in [5.74, 6) is -0.755. The summed E-state index contributed by atoms with van der Waals surface area (Å²) in [6, 6.07) is 23.2. The number of nitrogens with zero attached hydrogens (tertiary/aromatic N) is 4. The number of halogens is 10. The highest BCUT2D eigenvalue weighted by Crippen LogP contribution is 2.33. The second kappa shape index (κ2) is 26.9. The van der Waals surface area contributed by atoms with Gasteiger partial charge in [0.25, 0.3) is 11.8 Å². The third-order valence-electron chi connectivity index (χ3n) is 9.98. The van der Waals surface area contributed by atoms with Crippen LogP contribution >= 0.6 is 39.1 Å². The molecule has 19 heteroatoms. The summed E-state index contributed by atoms with van der Waals surface area (Å²) < 4.78 is 97.7. The molecule has 0 radical (unpaired) electrons. The van der Waals surface area contributed by atoms with E-state index in [0.29, 0.717) is 75.4 Å². The molecule has 0 unspecified atom stereocenters. The molecule has 6 rings (SSSR count). The van der Waals surface area contributed by atoms with Crippen LogP contribution in [0.5, 0.6) is 0 Å². The van der Waals surface area contributed by atoms with Gasteiger partial charge in [-0.25, -0.2) is 9.36 Å². The number of nitrogens with two attached hydrogens (primary N) is 1. The van der Waals surface area contributed by atoms with E-state index in [4.69, 9.17) is 24.6 Å². The van der Waals surface area contributed by atoms with Gasteiger partial charge in [0.1, 0.15) is 0 Å². The first-order valence-corrected chi connectivity index (χ1v) is 22.9. The van der Waals surface area contributed by atoms with Crippen LogP contribution in [0.1, 0.15) is 121 Å². The minimum absolute atomic E-state index is 0.347. The Morgan fingerprint density at radius 2 is 1.04 bits per heavy atom. The lowest BCUT2D eigenvalue weighted by Crippen LogP contribution is -2.29. The number of carbonyl (C=O) groups is 2. The lowest BCUT2D eigenvalue weighted by atomic mass is 9.99. The van der Waals surface area contributed by atoms with E-state index in [2.05, 4.69) is 42.5 Å². The van der Waals surface area contributed by atoms with Gasteiger partial charge in [-0.15, -0.1) is 0 Å². The van der Waals surface area contributed by atoms with Crippen LogP contribution in [0.25, 0.3) is 11.4 Å². The van der Waals surface area contributed by atoms with Gasteiger partial charge in [0.15, 0.2) is 0 Å². The van der Waals surface area contributed by atoms with Crippen molar-refractivity contribution in [2.24, 2.45) is 5.73 Å². The molecule has 4 N–H and O–H groups in total. The Morgan fingerprint density at radius 3 is 1.39 bits per heavy atom. The first-order chi connectivity index (χ1) is 32.4. The largest absolute Gasteiger partial charge is 0.416 e. The van der Waals surface area contributed by atoms with Crippen molar-refractivity contribution in [1.29, 1.82) is 0 Å². The average Bonchev–Trinajstić information content (AvgIpc) is 3.95. The Bertz CT molecular complexity index is 2490. The van der Waals surface area contributed by atoms with Gasteiger partial charge in [0.2, 0.25) is 0 Å². The number of nitrogens with one attached hydrogen (secondary N) is 2. The summed E-state index contributed by atoms with van der Waals surface area (Å²) in [6.07, 6.45) is -2.10. The molecule has 67 heavy (non-hydrogen) atoms. The highest BCUT2D eigenvalue weighted by molar-refractivity contribution is 9.08. The highest BCUT2D eigenvalue weighted by Gasteiger charge is 2.33. The molecule has 362 valence electrons. The van der Waals surface area contributed by atoms with Gasteiger partial charge in [0.05, 0.1) is 78.0 Å². The lowest BCUT2D eigenvalue weighted by molar-refractivity contribution is -0.138. The summed E-state index contributed by atoms with van der Waals surface area (Å²) in [5.41, 5.74) is 7.51. The maximum absolute atomic E-state index is 13.2. The van der Waals surface area contributed by atoms with Gasteiger partial charge >= 0.3 is 12.4 Å². The molecule has 2 heterocycles. The van der Waals surface area contributed by atoms with E-state index < -0.39 is 48.6 Å². The van der Waals surface area contributed by atoms with Crippen molar-refractivity contribution in [3.8, 4) is 11.4 Å². The maximum Gasteiger partial charge on any atom is 0.416 e. The fraction of sp³-hybridized carbons (Fsp3) is 0.333. The van der Waals surface area contributed by atoms with Crippen LogP contribution in [-0.2, 0) is 24.1 Å². The van der Waals surface area contributed by atoms with Crippen molar-refractivity contribution in [1.82, 2.24) is 30.2 Å². The predicted octanol–water partition coefficient (Wildman–Crippen LogP) is 13.6. The summed E-state index contributed by atoms with van der Waals surface area (Å²) in [6.45, 7) is 5.84. The number of alkyl halides is 8. The summed E-state index contributed by atoms with van der Waals surface area (Å²) in [5, 5.41) is 16.0. The summed E-state index contributed by atoms with van der Waals surface area (Å²) in [4.78, 5) is 26.2. The normalized spacial score (nSPS) is 12.2. The molecule has 4 aromatic carbocycles. The number of amides is 2. The topological polar surface area (TPSA) is 120 Å². The fourth-order valence-corrected chi connectivity index (χ4v) is 7.69. The van der Waals surface area contributed by atoms with Gasteiger partial charge in [0, 0.05) is 15.4 Å². The van der Waals surface area contributed by atoms with Crippen LogP contribution in [-0.4, -0.2) is 45.6 Å².